The van der Waals surface area contributed by atoms with E-state index in [1.54, 1.807) is 29.1 Å². The minimum atomic E-state index is -0.116. The van der Waals surface area contributed by atoms with Crippen LogP contribution in [-0.2, 0) is 7.05 Å². The van der Waals surface area contributed by atoms with Crippen molar-refractivity contribution in [1.29, 1.82) is 0 Å². The molecule has 0 atom stereocenters. The molecule has 114 valence electrons. The Kier molecular flexibility index (Phi) is 4.06. The van der Waals surface area contributed by atoms with Gasteiger partial charge in [0, 0.05) is 20.1 Å². The molecule has 0 aliphatic carbocycles. The monoisotopic (exact) mass is 315 g/mol. The molecule has 22 heavy (non-hydrogen) atoms. The maximum Gasteiger partial charge on any atom is 0.269 e. The van der Waals surface area contributed by atoms with Crippen molar-refractivity contribution in [3.8, 4) is 0 Å². The maximum absolute atomic E-state index is 12.0. The summed E-state index contributed by atoms with van der Waals surface area (Å²) in [6.45, 7) is 3.02. The Morgan fingerprint density at radius 1 is 1.32 bits per heavy atom. The highest BCUT2D eigenvalue weighted by Gasteiger charge is 2.10. The van der Waals surface area contributed by atoms with Gasteiger partial charge in [-0.3, -0.25) is 9.48 Å². The summed E-state index contributed by atoms with van der Waals surface area (Å²) in [4.78, 5) is 16.5. The molecule has 0 aliphatic rings. The van der Waals surface area contributed by atoms with Crippen molar-refractivity contribution in [2.24, 2.45) is 7.05 Å². The number of anilines is 1. The van der Waals surface area contributed by atoms with Crippen molar-refractivity contribution in [1.82, 2.24) is 20.1 Å². The number of para-hydroxylation sites is 1. The van der Waals surface area contributed by atoms with Gasteiger partial charge in [0.2, 0.25) is 0 Å². The van der Waals surface area contributed by atoms with Gasteiger partial charge in [-0.05, 0) is 25.1 Å². The van der Waals surface area contributed by atoms with E-state index in [1.165, 1.54) is 0 Å². The predicted molar refractivity (Wildman–Crippen MR) is 88.4 cm³/mol. The Balaban J connectivity index is 1.51. The molecule has 0 saturated heterocycles. The number of hydrogen-bond acceptors (Lipinski definition) is 5. The largest absolute Gasteiger partial charge is 0.360 e. The lowest BCUT2D eigenvalue weighted by atomic mass is 10.3. The number of aromatic nitrogens is 3. The first-order chi connectivity index (χ1) is 10.6. The van der Waals surface area contributed by atoms with Crippen LogP contribution in [0.4, 0.5) is 5.13 Å². The summed E-state index contributed by atoms with van der Waals surface area (Å²) in [5, 5.41) is 11.1. The Hall–Kier alpha value is -2.41. The van der Waals surface area contributed by atoms with Crippen LogP contribution in [0.2, 0.25) is 0 Å². The summed E-state index contributed by atoms with van der Waals surface area (Å²) in [6.07, 6.45) is 0. The number of benzene rings is 1. The summed E-state index contributed by atoms with van der Waals surface area (Å²) in [6, 6.07) is 9.78. The van der Waals surface area contributed by atoms with Gasteiger partial charge in [-0.25, -0.2) is 4.98 Å². The Morgan fingerprint density at radius 3 is 2.86 bits per heavy atom. The van der Waals surface area contributed by atoms with Crippen LogP contribution in [0.25, 0.3) is 10.2 Å². The molecule has 0 fully saturated rings. The zero-order valence-corrected chi connectivity index (χ0v) is 13.3. The second-order valence-corrected chi connectivity index (χ2v) is 5.99. The number of amides is 1. The van der Waals surface area contributed by atoms with E-state index in [9.17, 15) is 4.79 Å². The van der Waals surface area contributed by atoms with Crippen LogP contribution in [-0.4, -0.2) is 33.8 Å². The van der Waals surface area contributed by atoms with Gasteiger partial charge >= 0.3 is 0 Å². The van der Waals surface area contributed by atoms with E-state index >= 15 is 0 Å². The molecule has 0 aliphatic heterocycles. The van der Waals surface area contributed by atoms with Gasteiger partial charge in [0.1, 0.15) is 5.69 Å². The fraction of sp³-hybridized carbons (Fsp3) is 0.267. The van der Waals surface area contributed by atoms with Crippen molar-refractivity contribution in [3.63, 3.8) is 0 Å². The van der Waals surface area contributed by atoms with Gasteiger partial charge in [0.25, 0.3) is 5.91 Å². The van der Waals surface area contributed by atoms with Crippen LogP contribution >= 0.6 is 11.3 Å². The van der Waals surface area contributed by atoms with E-state index in [2.05, 4.69) is 20.7 Å². The van der Waals surface area contributed by atoms with Crippen LogP contribution in [0.5, 0.6) is 0 Å². The highest BCUT2D eigenvalue weighted by molar-refractivity contribution is 7.22. The summed E-state index contributed by atoms with van der Waals surface area (Å²) < 4.78 is 2.74. The Morgan fingerprint density at radius 2 is 2.14 bits per heavy atom. The van der Waals surface area contributed by atoms with Gasteiger partial charge < -0.3 is 10.6 Å². The van der Waals surface area contributed by atoms with Gasteiger partial charge in [-0.2, -0.15) is 5.10 Å². The minimum absolute atomic E-state index is 0.116. The second kappa shape index (κ2) is 6.15. The molecule has 2 heterocycles. The molecule has 2 N–H and O–H groups in total. The first kappa shape index (κ1) is 14.5. The summed E-state index contributed by atoms with van der Waals surface area (Å²) in [5.41, 5.74) is 2.39. The lowest BCUT2D eigenvalue weighted by Gasteiger charge is -2.05. The molecular weight excluding hydrogens is 298 g/mol. The Labute approximate surface area is 132 Å². The molecule has 0 bridgehead atoms. The highest BCUT2D eigenvalue weighted by Crippen LogP contribution is 2.24. The SMILES string of the molecule is Cc1cc(C(=O)NCCNc2nc3ccccc3s2)n(C)n1. The van der Waals surface area contributed by atoms with Crippen molar-refractivity contribution in [2.75, 3.05) is 18.4 Å². The molecule has 0 unspecified atom stereocenters. The standard InChI is InChI=1S/C15H17N5OS/c1-10-9-12(20(2)19-10)14(21)16-7-8-17-15-18-11-5-3-4-6-13(11)22-15/h3-6,9H,7-8H2,1-2H3,(H,16,21)(H,17,18). The third-order valence-corrected chi connectivity index (χ3v) is 4.21. The van der Waals surface area contributed by atoms with E-state index in [-0.39, 0.29) is 5.91 Å². The zero-order valence-electron chi connectivity index (χ0n) is 12.5. The number of carbonyl (C=O) groups is 1. The molecule has 0 saturated carbocycles. The number of rotatable bonds is 5. The minimum Gasteiger partial charge on any atom is -0.360 e. The molecule has 1 amide bonds. The average molecular weight is 315 g/mol. The quantitative estimate of drug-likeness (QED) is 0.708. The predicted octanol–water partition coefficient (Wildman–Crippen LogP) is 2.18. The van der Waals surface area contributed by atoms with Gasteiger partial charge in [-0.15, -0.1) is 0 Å². The van der Waals surface area contributed by atoms with E-state index in [4.69, 9.17) is 0 Å². The fourth-order valence-corrected chi connectivity index (χ4v) is 3.10. The number of carbonyl (C=O) groups excluding carboxylic acids is 1. The highest BCUT2D eigenvalue weighted by atomic mass is 32.1. The number of aryl methyl sites for hydroxylation is 2. The molecule has 7 heteroatoms. The smallest absolute Gasteiger partial charge is 0.269 e. The van der Waals surface area contributed by atoms with Gasteiger partial charge in [0.15, 0.2) is 5.13 Å². The van der Waals surface area contributed by atoms with Crippen LogP contribution in [0.3, 0.4) is 0 Å². The average Bonchev–Trinajstić information content (AvgIpc) is 3.05. The lowest BCUT2D eigenvalue weighted by molar-refractivity contribution is 0.0946. The molecule has 1 aromatic carbocycles. The molecule has 0 radical (unpaired) electrons. The third kappa shape index (κ3) is 3.09. The second-order valence-electron chi connectivity index (χ2n) is 4.96. The maximum atomic E-state index is 12.0. The van der Waals surface area contributed by atoms with E-state index in [0.29, 0.717) is 18.8 Å². The number of thiazole rings is 1. The van der Waals surface area contributed by atoms with E-state index in [0.717, 1.165) is 21.0 Å². The van der Waals surface area contributed by atoms with Crippen LogP contribution < -0.4 is 10.6 Å². The number of nitrogens with zero attached hydrogens (tertiary/aromatic N) is 3. The molecule has 3 rings (SSSR count). The third-order valence-electron chi connectivity index (χ3n) is 3.22. The van der Waals surface area contributed by atoms with Crippen LogP contribution in [0, 0.1) is 6.92 Å². The normalized spacial score (nSPS) is 10.8. The van der Waals surface area contributed by atoms with Crippen LogP contribution in [0.1, 0.15) is 16.2 Å². The molecule has 3 aromatic rings. The number of hydrogen-bond donors (Lipinski definition) is 2. The van der Waals surface area contributed by atoms with E-state index in [1.807, 2.05) is 31.2 Å². The fourth-order valence-electron chi connectivity index (χ4n) is 2.21. The van der Waals surface area contributed by atoms with E-state index < -0.39 is 0 Å². The van der Waals surface area contributed by atoms with Crippen molar-refractivity contribution >= 4 is 32.6 Å². The molecule has 0 spiro atoms. The van der Waals surface area contributed by atoms with Crippen molar-refractivity contribution in [3.05, 3.63) is 41.7 Å². The van der Waals surface area contributed by atoms with Gasteiger partial charge in [-0.1, -0.05) is 23.5 Å². The number of fused-ring (bicyclic) bond motifs is 1. The lowest BCUT2D eigenvalue weighted by Crippen LogP contribution is -2.30. The van der Waals surface area contributed by atoms with Crippen LogP contribution in [0.15, 0.2) is 30.3 Å². The van der Waals surface area contributed by atoms with Crippen molar-refractivity contribution in [2.45, 2.75) is 6.92 Å². The summed E-state index contributed by atoms with van der Waals surface area (Å²) in [5.74, 6) is -0.116. The first-order valence-electron chi connectivity index (χ1n) is 7.02. The van der Waals surface area contributed by atoms with Crippen molar-refractivity contribution < 1.29 is 4.79 Å². The molecule has 6 nitrogen and oxygen atoms in total. The Bertz CT molecular complexity index is 774. The zero-order chi connectivity index (χ0) is 15.5. The number of nitrogens with one attached hydrogen (secondary N) is 2. The first-order valence-corrected chi connectivity index (χ1v) is 7.83. The molecule has 2 aromatic heterocycles. The summed E-state index contributed by atoms with van der Waals surface area (Å²) in [7, 11) is 1.77. The van der Waals surface area contributed by atoms with Gasteiger partial charge in [0.05, 0.1) is 15.9 Å². The molecular formula is C15H17N5OS. The summed E-state index contributed by atoms with van der Waals surface area (Å²) >= 11 is 1.61. The topological polar surface area (TPSA) is 71.8 Å².